The van der Waals surface area contributed by atoms with Crippen LogP contribution in [0.4, 0.5) is 4.79 Å². The van der Waals surface area contributed by atoms with E-state index in [-0.39, 0.29) is 12.1 Å². The predicted octanol–water partition coefficient (Wildman–Crippen LogP) is 3.92. The maximum atomic E-state index is 12.6. The van der Waals surface area contributed by atoms with Crippen molar-refractivity contribution in [2.45, 2.75) is 32.4 Å². The van der Waals surface area contributed by atoms with Crippen molar-refractivity contribution < 1.29 is 4.79 Å². The molecule has 1 aliphatic heterocycles. The van der Waals surface area contributed by atoms with Crippen molar-refractivity contribution in [2.24, 2.45) is 0 Å². The number of aryl methyl sites for hydroxylation is 1. The Labute approximate surface area is 147 Å². The van der Waals surface area contributed by atoms with Crippen LogP contribution in [-0.4, -0.2) is 27.4 Å². The summed E-state index contributed by atoms with van der Waals surface area (Å²) in [6, 6.07) is 16.2. The van der Waals surface area contributed by atoms with Crippen molar-refractivity contribution in [3.63, 3.8) is 0 Å². The van der Waals surface area contributed by atoms with Crippen LogP contribution in [0.25, 0.3) is 11.0 Å². The minimum atomic E-state index is -0.0250. The van der Waals surface area contributed by atoms with Gasteiger partial charge in [0.05, 0.1) is 17.1 Å². The summed E-state index contributed by atoms with van der Waals surface area (Å²) in [6.07, 6.45) is 1.94. The highest BCUT2D eigenvalue weighted by Crippen LogP contribution is 2.31. The molecule has 25 heavy (non-hydrogen) atoms. The first-order chi connectivity index (χ1) is 12.2. The summed E-state index contributed by atoms with van der Waals surface area (Å²) < 4.78 is 0. The second kappa shape index (κ2) is 6.59. The number of hydrogen-bond acceptors (Lipinski definition) is 2. The van der Waals surface area contributed by atoms with Crippen LogP contribution in [0.2, 0.25) is 0 Å². The molecule has 2 amide bonds. The molecular formula is C20H22N4O. The lowest BCUT2D eigenvalue weighted by Gasteiger charge is -2.23. The molecule has 0 unspecified atom stereocenters. The van der Waals surface area contributed by atoms with E-state index in [9.17, 15) is 4.79 Å². The molecule has 5 heteroatoms. The van der Waals surface area contributed by atoms with E-state index in [0.717, 1.165) is 41.8 Å². The van der Waals surface area contributed by atoms with E-state index in [0.29, 0.717) is 6.54 Å². The second-order valence-electron chi connectivity index (χ2n) is 6.64. The van der Waals surface area contributed by atoms with Crippen molar-refractivity contribution in [3.05, 3.63) is 65.5 Å². The van der Waals surface area contributed by atoms with Gasteiger partial charge < -0.3 is 15.2 Å². The number of urea groups is 1. The van der Waals surface area contributed by atoms with Gasteiger partial charge in [0.1, 0.15) is 5.82 Å². The Kier molecular flexibility index (Phi) is 4.14. The molecule has 0 aliphatic carbocycles. The lowest BCUT2D eigenvalue weighted by atomic mass is 10.2. The molecule has 128 valence electrons. The highest BCUT2D eigenvalue weighted by molar-refractivity contribution is 5.77. The van der Waals surface area contributed by atoms with Crippen LogP contribution in [0.3, 0.4) is 0 Å². The maximum Gasteiger partial charge on any atom is 0.318 e. The third-order valence-electron chi connectivity index (χ3n) is 4.77. The molecule has 1 fully saturated rings. The van der Waals surface area contributed by atoms with Gasteiger partial charge in [-0.2, -0.15) is 0 Å². The summed E-state index contributed by atoms with van der Waals surface area (Å²) in [5, 5.41) is 3.03. The summed E-state index contributed by atoms with van der Waals surface area (Å²) in [5.41, 5.74) is 4.29. The molecule has 3 aromatic rings. The zero-order chi connectivity index (χ0) is 17.2. The average Bonchev–Trinajstić information content (AvgIpc) is 3.26. The molecule has 2 N–H and O–H groups in total. The van der Waals surface area contributed by atoms with Crippen LogP contribution in [0, 0.1) is 6.92 Å². The van der Waals surface area contributed by atoms with Gasteiger partial charge in [-0.05, 0) is 43.0 Å². The lowest BCUT2D eigenvalue weighted by molar-refractivity contribution is 0.191. The van der Waals surface area contributed by atoms with Crippen molar-refractivity contribution in [2.75, 3.05) is 6.54 Å². The smallest absolute Gasteiger partial charge is 0.318 e. The number of amides is 2. The number of fused-ring (bicyclic) bond motifs is 1. The molecule has 0 spiro atoms. The largest absolute Gasteiger partial charge is 0.340 e. The number of aromatic nitrogens is 2. The van der Waals surface area contributed by atoms with E-state index >= 15 is 0 Å². The summed E-state index contributed by atoms with van der Waals surface area (Å²) in [6.45, 7) is 3.38. The fourth-order valence-corrected chi connectivity index (χ4v) is 3.47. The Morgan fingerprint density at radius 3 is 2.96 bits per heavy atom. The molecule has 1 atom stereocenters. The molecule has 4 rings (SSSR count). The number of aromatic amines is 1. The van der Waals surface area contributed by atoms with Crippen LogP contribution in [0.1, 0.15) is 35.8 Å². The van der Waals surface area contributed by atoms with Gasteiger partial charge in [0.2, 0.25) is 0 Å². The first kappa shape index (κ1) is 15.7. The van der Waals surface area contributed by atoms with Crippen molar-refractivity contribution in [1.82, 2.24) is 20.2 Å². The lowest BCUT2D eigenvalue weighted by Crippen LogP contribution is -2.39. The number of carbonyl (C=O) groups is 1. The molecule has 1 saturated heterocycles. The standard InChI is InChI=1S/C20H22N4O/c1-14-9-10-16-17(12-14)23-19(22-16)18-8-5-11-24(18)20(25)21-13-15-6-3-2-4-7-15/h2-4,6-7,9-10,12,18H,5,8,11,13H2,1H3,(H,21,25)(H,22,23)/t18-/m1/s1. The monoisotopic (exact) mass is 334 g/mol. The van der Waals surface area contributed by atoms with Crippen LogP contribution in [-0.2, 0) is 6.54 Å². The highest BCUT2D eigenvalue weighted by Gasteiger charge is 2.32. The Balaban J connectivity index is 1.50. The van der Waals surface area contributed by atoms with Crippen molar-refractivity contribution >= 4 is 17.1 Å². The molecule has 0 bridgehead atoms. The van der Waals surface area contributed by atoms with Gasteiger partial charge in [0, 0.05) is 13.1 Å². The topological polar surface area (TPSA) is 61.0 Å². The number of nitrogens with one attached hydrogen (secondary N) is 2. The van der Waals surface area contributed by atoms with E-state index in [1.165, 1.54) is 5.56 Å². The minimum Gasteiger partial charge on any atom is -0.340 e. The molecule has 5 nitrogen and oxygen atoms in total. The molecule has 2 aromatic carbocycles. The van der Waals surface area contributed by atoms with Crippen LogP contribution in [0.5, 0.6) is 0 Å². The Morgan fingerprint density at radius 1 is 1.28 bits per heavy atom. The summed E-state index contributed by atoms with van der Waals surface area (Å²) in [7, 11) is 0. The van der Waals surface area contributed by atoms with Crippen LogP contribution < -0.4 is 5.32 Å². The van der Waals surface area contributed by atoms with Crippen molar-refractivity contribution in [1.29, 1.82) is 0 Å². The molecule has 1 aliphatic rings. The van der Waals surface area contributed by atoms with Crippen LogP contribution in [0.15, 0.2) is 48.5 Å². The van der Waals surface area contributed by atoms with E-state index < -0.39 is 0 Å². The Morgan fingerprint density at radius 2 is 2.12 bits per heavy atom. The molecule has 0 radical (unpaired) electrons. The van der Waals surface area contributed by atoms with Gasteiger partial charge >= 0.3 is 6.03 Å². The number of benzene rings is 2. The zero-order valence-electron chi connectivity index (χ0n) is 14.3. The highest BCUT2D eigenvalue weighted by atomic mass is 16.2. The number of imidazole rings is 1. The molecule has 2 heterocycles. The Hall–Kier alpha value is -2.82. The fourth-order valence-electron chi connectivity index (χ4n) is 3.47. The van der Waals surface area contributed by atoms with Crippen molar-refractivity contribution in [3.8, 4) is 0 Å². The second-order valence-corrected chi connectivity index (χ2v) is 6.64. The number of rotatable bonds is 3. The number of H-pyrrole nitrogens is 1. The van der Waals surface area contributed by atoms with Gasteiger partial charge in [-0.25, -0.2) is 9.78 Å². The van der Waals surface area contributed by atoms with E-state index in [4.69, 9.17) is 4.98 Å². The van der Waals surface area contributed by atoms with Crippen LogP contribution >= 0.6 is 0 Å². The number of nitrogens with zero attached hydrogens (tertiary/aromatic N) is 2. The van der Waals surface area contributed by atoms with E-state index in [2.05, 4.69) is 29.4 Å². The first-order valence-corrected chi connectivity index (χ1v) is 8.75. The van der Waals surface area contributed by atoms with Gasteiger partial charge in [0.25, 0.3) is 0 Å². The van der Waals surface area contributed by atoms with Gasteiger partial charge in [-0.3, -0.25) is 0 Å². The normalized spacial score (nSPS) is 17.2. The SMILES string of the molecule is Cc1ccc2nc([C@H]3CCCN3C(=O)NCc3ccccc3)[nH]c2c1. The van der Waals surface area contributed by atoms with Gasteiger partial charge in [0.15, 0.2) is 0 Å². The third kappa shape index (κ3) is 3.22. The van der Waals surface area contributed by atoms with Gasteiger partial charge in [-0.15, -0.1) is 0 Å². The quantitative estimate of drug-likeness (QED) is 0.763. The minimum absolute atomic E-state index is 0.0171. The first-order valence-electron chi connectivity index (χ1n) is 8.75. The number of hydrogen-bond donors (Lipinski definition) is 2. The fraction of sp³-hybridized carbons (Fsp3) is 0.300. The summed E-state index contributed by atoms with van der Waals surface area (Å²) >= 11 is 0. The molecule has 0 saturated carbocycles. The van der Waals surface area contributed by atoms with E-state index in [1.54, 1.807) is 0 Å². The van der Waals surface area contributed by atoms with Gasteiger partial charge in [-0.1, -0.05) is 36.4 Å². The molecule has 1 aromatic heterocycles. The third-order valence-corrected chi connectivity index (χ3v) is 4.77. The zero-order valence-corrected chi connectivity index (χ0v) is 14.3. The predicted molar refractivity (Wildman–Crippen MR) is 98.2 cm³/mol. The average molecular weight is 334 g/mol. The number of likely N-dealkylation sites (tertiary alicyclic amines) is 1. The molecular weight excluding hydrogens is 312 g/mol. The summed E-state index contributed by atoms with van der Waals surface area (Å²) in [4.78, 5) is 22.7. The number of carbonyl (C=O) groups excluding carboxylic acids is 1. The maximum absolute atomic E-state index is 12.6. The summed E-state index contributed by atoms with van der Waals surface area (Å²) in [5.74, 6) is 0.882. The van der Waals surface area contributed by atoms with E-state index in [1.807, 2.05) is 41.3 Å². The Bertz CT molecular complexity index is 887.